The molecule has 1 aromatic carbocycles. The Bertz CT molecular complexity index is 322. The maximum Gasteiger partial charge on any atom is 0.335 e. The van der Waals surface area contributed by atoms with Gasteiger partial charge in [-0.25, -0.2) is 4.79 Å². The summed E-state index contributed by atoms with van der Waals surface area (Å²) < 4.78 is 5.20. The van der Waals surface area contributed by atoms with Crippen molar-refractivity contribution < 1.29 is 14.6 Å². The Morgan fingerprint density at radius 2 is 2.06 bits per heavy atom. The second kappa shape index (κ2) is 6.85. The lowest BCUT2D eigenvalue weighted by atomic mass is 10.2. The van der Waals surface area contributed by atoms with Crippen LogP contribution in [0.15, 0.2) is 24.3 Å². The zero-order chi connectivity index (χ0) is 11.8. The summed E-state index contributed by atoms with van der Waals surface area (Å²) in [6, 6.07) is 6.72. The lowest BCUT2D eigenvalue weighted by Crippen LogP contribution is -2.06. The first-order chi connectivity index (χ1) is 7.74. The van der Waals surface area contributed by atoms with E-state index in [1.54, 1.807) is 24.3 Å². The van der Waals surface area contributed by atoms with Crippen molar-refractivity contribution in [3.63, 3.8) is 0 Å². The molecule has 0 saturated heterocycles. The van der Waals surface area contributed by atoms with Gasteiger partial charge in [0, 0.05) is 25.4 Å². The highest BCUT2D eigenvalue weighted by Crippen LogP contribution is 2.09. The molecule has 16 heavy (non-hydrogen) atoms. The van der Waals surface area contributed by atoms with Crippen LogP contribution in [0.5, 0.6) is 0 Å². The van der Waals surface area contributed by atoms with E-state index in [4.69, 9.17) is 9.84 Å². The summed E-state index contributed by atoms with van der Waals surface area (Å²) in [7, 11) is 0. The number of aromatic carboxylic acids is 1. The fraction of sp³-hybridized carbons (Fsp3) is 0.417. The van der Waals surface area contributed by atoms with Gasteiger partial charge in [-0.1, -0.05) is 0 Å². The van der Waals surface area contributed by atoms with E-state index >= 15 is 0 Å². The summed E-state index contributed by atoms with van der Waals surface area (Å²) in [5, 5.41) is 11.9. The highest BCUT2D eigenvalue weighted by atomic mass is 16.5. The van der Waals surface area contributed by atoms with Crippen LogP contribution in [-0.4, -0.2) is 30.8 Å². The van der Waals surface area contributed by atoms with Crippen molar-refractivity contribution in [3.8, 4) is 0 Å². The maximum atomic E-state index is 10.6. The third-order valence-corrected chi connectivity index (χ3v) is 2.13. The fourth-order valence-corrected chi connectivity index (χ4v) is 1.28. The van der Waals surface area contributed by atoms with Crippen LogP contribution in [0, 0.1) is 0 Å². The number of carboxylic acids is 1. The number of anilines is 1. The monoisotopic (exact) mass is 223 g/mol. The van der Waals surface area contributed by atoms with Gasteiger partial charge in [0.05, 0.1) is 5.56 Å². The predicted molar refractivity (Wildman–Crippen MR) is 63.0 cm³/mol. The van der Waals surface area contributed by atoms with Gasteiger partial charge in [-0.3, -0.25) is 0 Å². The second-order valence-corrected chi connectivity index (χ2v) is 3.36. The Morgan fingerprint density at radius 1 is 1.38 bits per heavy atom. The minimum atomic E-state index is -0.900. The summed E-state index contributed by atoms with van der Waals surface area (Å²) in [4.78, 5) is 10.6. The van der Waals surface area contributed by atoms with Crippen molar-refractivity contribution in [1.29, 1.82) is 0 Å². The van der Waals surface area contributed by atoms with E-state index in [0.29, 0.717) is 5.56 Å². The van der Waals surface area contributed by atoms with Crippen molar-refractivity contribution in [2.45, 2.75) is 13.3 Å². The number of rotatable bonds is 7. The smallest absolute Gasteiger partial charge is 0.335 e. The summed E-state index contributed by atoms with van der Waals surface area (Å²) in [6.45, 7) is 4.29. The van der Waals surface area contributed by atoms with E-state index in [1.807, 2.05) is 6.92 Å². The second-order valence-electron chi connectivity index (χ2n) is 3.36. The summed E-state index contributed by atoms with van der Waals surface area (Å²) in [5.74, 6) is -0.900. The molecule has 0 fully saturated rings. The van der Waals surface area contributed by atoms with Gasteiger partial charge >= 0.3 is 5.97 Å². The number of nitrogens with one attached hydrogen (secondary N) is 1. The predicted octanol–water partition coefficient (Wildman–Crippen LogP) is 2.22. The Hall–Kier alpha value is -1.55. The number of hydrogen-bond donors (Lipinski definition) is 2. The molecule has 0 aliphatic heterocycles. The third-order valence-electron chi connectivity index (χ3n) is 2.13. The summed E-state index contributed by atoms with van der Waals surface area (Å²) in [6.07, 6.45) is 0.939. The molecule has 0 heterocycles. The molecule has 1 rings (SSSR count). The Kier molecular flexibility index (Phi) is 5.36. The number of ether oxygens (including phenoxy) is 1. The average molecular weight is 223 g/mol. The molecule has 0 aromatic heterocycles. The molecular formula is C12H17NO3. The Morgan fingerprint density at radius 3 is 2.62 bits per heavy atom. The van der Waals surface area contributed by atoms with Crippen LogP contribution in [0.1, 0.15) is 23.7 Å². The third kappa shape index (κ3) is 4.31. The van der Waals surface area contributed by atoms with Crippen LogP contribution in [0.4, 0.5) is 5.69 Å². The SMILES string of the molecule is CCOCCCNc1ccc(C(=O)O)cc1. The molecule has 0 bridgehead atoms. The standard InChI is InChI=1S/C12H17NO3/c1-2-16-9-3-8-13-11-6-4-10(5-7-11)12(14)15/h4-7,13H,2-3,8-9H2,1H3,(H,14,15). The molecule has 88 valence electrons. The van der Waals surface area contributed by atoms with Gasteiger partial charge < -0.3 is 15.2 Å². The molecule has 2 N–H and O–H groups in total. The minimum Gasteiger partial charge on any atom is -0.478 e. The molecular weight excluding hydrogens is 206 g/mol. The number of benzene rings is 1. The van der Waals surface area contributed by atoms with Gasteiger partial charge in [0.2, 0.25) is 0 Å². The topological polar surface area (TPSA) is 58.6 Å². The number of hydrogen-bond acceptors (Lipinski definition) is 3. The van der Waals surface area contributed by atoms with Gasteiger partial charge in [0.25, 0.3) is 0 Å². The molecule has 0 saturated carbocycles. The zero-order valence-electron chi connectivity index (χ0n) is 9.40. The van der Waals surface area contributed by atoms with Gasteiger partial charge in [-0.05, 0) is 37.6 Å². The largest absolute Gasteiger partial charge is 0.478 e. The van der Waals surface area contributed by atoms with Crippen molar-refractivity contribution >= 4 is 11.7 Å². The van der Waals surface area contributed by atoms with E-state index in [-0.39, 0.29) is 0 Å². The van der Waals surface area contributed by atoms with Gasteiger partial charge in [0.1, 0.15) is 0 Å². The molecule has 0 amide bonds. The van der Waals surface area contributed by atoms with Gasteiger partial charge in [-0.15, -0.1) is 0 Å². The summed E-state index contributed by atoms with van der Waals surface area (Å²) >= 11 is 0. The van der Waals surface area contributed by atoms with E-state index < -0.39 is 5.97 Å². The van der Waals surface area contributed by atoms with Gasteiger partial charge in [0.15, 0.2) is 0 Å². The van der Waals surface area contributed by atoms with E-state index in [2.05, 4.69) is 5.32 Å². The average Bonchev–Trinajstić information content (AvgIpc) is 2.29. The Labute approximate surface area is 95.2 Å². The van der Waals surface area contributed by atoms with Crippen LogP contribution in [0.3, 0.4) is 0 Å². The highest BCUT2D eigenvalue weighted by molar-refractivity contribution is 5.87. The highest BCUT2D eigenvalue weighted by Gasteiger charge is 2.00. The van der Waals surface area contributed by atoms with E-state index in [1.165, 1.54) is 0 Å². The molecule has 0 atom stereocenters. The van der Waals surface area contributed by atoms with E-state index in [9.17, 15) is 4.79 Å². The molecule has 0 aliphatic carbocycles. The first kappa shape index (κ1) is 12.5. The molecule has 0 unspecified atom stereocenters. The van der Waals surface area contributed by atoms with Crippen molar-refractivity contribution in [3.05, 3.63) is 29.8 Å². The zero-order valence-corrected chi connectivity index (χ0v) is 9.40. The number of carbonyl (C=O) groups is 1. The lowest BCUT2D eigenvalue weighted by Gasteiger charge is -2.06. The first-order valence-electron chi connectivity index (χ1n) is 5.39. The van der Waals surface area contributed by atoms with Crippen LogP contribution >= 0.6 is 0 Å². The maximum absolute atomic E-state index is 10.6. The van der Waals surface area contributed by atoms with Crippen LogP contribution in [-0.2, 0) is 4.74 Å². The molecule has 0 spiro atoms. The summed E-state index contributed by atoms with van der Waals surface area (Å²) in [5.41, 5.74) is 1.24. The van der Waals surface area contributed by atoms with Crippen molar-refractivity contribution in [2.75, 3.05) is 25.1 Å². The molecule has 1 aromatic rings. The van der Waals surface area contributed by atoms with Crippen LogP contribution in [0.25, 0.3) is 0 Å². The molecule has 4 heteroatoms. The normalized spacial score (nSPS) is 10.1. The fourth-order valence-electron chi connectivity index (χ4n) is 1.28. The molecule has 4 nitrogen and oxygen atoms in total. The minimum absolute atomic E-state index is 0.305. The van der Waals surface area contributed by atoms with E-state index in [0.717, 1.165) is 31.9 Å². The van der Waals surface area contributed by atoms with Crippen LogP contribution in [0.2, 0.25) is 0 Å². The lowest BCUT2D eigenvalue weighted by molar-refractivity contribution is 0.0697. The van der Waals surface area contributed by atoms with Crippen molar-refractivity contribution in [2.24, 2.45) is 0 Å². The quantitative estimate of drug-likeness (QED) is 0.696. The van der Waals surface area contributed by atoms with Crippen molar-refractivity contribution in [1.82, 2.24) is 0 Å². The first-order valence-corrected chi connectivity index (χ1v) is 5.39. The molecule has 0 radical (unpaired) electrons. The van der Waals surface area contributed by atoms with Gasteiger partial charge in [-0.2, -0.15) is 0 Å². The Balaban J connectivity index is 2.29. The number of carboxylic acid groups (broad SMARTS) is 1. The molecule has 0 aliphatic rings. The van der Waals surface area contributed by atoms with Crippen LogP contribution < -0.4 is 5.32 Å².